The highest BCUT2D eigenvalue weighted by atomic mass is 16.2. The van der Waals surface area contributed by atoms with Crippen molar-refractivity contribution in [1.82, 2.24) is 19.8 Å². The number of hydrogen-bond donors (Lipinski definition) is 0. The molecule has 2 aliphatic heterocycles. The van der Waals surface area contributed by atoms with Crippen LogP contribution in [0, 0.1) is 11.3 Å². The summed E-state index contributed by atoms with van der Waals surface area (Å²) in [6.45, 7) is 9.97. The zero-order valence-electron chi connectivity index (χ0n) is 15.7. The van der Waals surface area contributed by atoms with Crippen molar-refractivity contribution in [3.63, 3.8) is 0 Å². The van der Waals surface area contributed by atoms with Gasteiger partial charge in [0.25, 0.3) is 0 Å². The molecular formula is C19H29N5O. The molecule has 136 valence electrons. The molecule has 0 N–H and O–H groups in total. The summed E-state index contributed by atoms with van der Waals surface area (Å²) in [6.07, 6.45) is 4.93. The molecule has 0 aromatic carbocycles. The van der Waals surface area contributed by atoms with Crippen LogP contribution in [0.5, 0.6) is 0 Å². The van der Waals surface area contributed by atoms with Gasteiger partial charge >= 0.3 is 0 Å². The maximum Gasteiger partial charge on any atom is 0.226 e. The monoisotopic (exact) mass is 343 g/mol. The summed E-state index contributed by atoms with van der Waals surface area (Å²) in [5.74, 6) is 1.41. The summed E-state index contributed by atoms with van der Waals surface area (Å²) in [5, 5.41) is 0. The van der Waals surface area contributed by atoms with Gasteiger partial charge in [0.15, 0.2) is 0 Å². The average molecular weight is 343 g/mol. The van der Waals surface area contributed by atoms with Crippen molar-refractivity contribution in [3.8, 4) is 0 Å². The third kappa shape index (κ3) is 3.12. The topological polar surface area (TPSA) is 52.6 Å². The van der Waals surface area contributed by atoms with Crippen LogP contribution in [0.25, 0.3) is 0 Å². The molecule has 0 spiro atoms. The Labute approximate surface area is 150 Å². The van der Waals surface area contributed by atoms with Crippen molar-refractivity contribution in [3.05, 3.63) is 17.5 Å². The third-order valence-electron chi connectivity index (χ3n) is 6.48. The summed E-state index contributed by atoms with van der Waals surface area (Å²) in [5.41, 5.74) is 2.48. The Morgan fingerprint density at radius 1 is 1.28 bits per heavy atom. The van der Waals surface area contributed by atoms with Crippen molar-refractivity contribution in [2.24, 2.45) is 11.3 Å². The molecule has 25 heavy (non-hydrogen) atoms. The third-order valence-corrected chi connectivity index (χ3v) is 6.48. The van der Waals surface area contributed by atoms with Crippen LogP contribution in [0.2, 0.25) is 0 Å². The van der Waals surface area contributed by atoms with Gasteiger partial charge in [-0.25, -0.2) is 9.97 Å². The Kier molecular flexibility index (Phi) is 4.18. The number of carbonyl (C=O) groups is 1. The van der Waals surface area contributed by atoms with Gasteiger partial charge in [-0.2, -0.15) is 0 Å². The Balaban J connectivity index is 1.43. The zero-order chi connectivity index (χ0) is 17.6. The highest BCUT2D eigenvalue weighted by Crippen LogP contribution is 2.55. The van der Waals surface area contributed by atoms with Crippen LogP contribution >= 0.6 is 0 Å². The lowest BCUT2D eigenvalue weighted by atomic mass is 10.0. The molecule has 0 radical (unpaired) electrons. The molecule has 0 bridgehead atoms. The fraction of sp³-hybridized carbons (Fsp3) is 0.737. The molecule has 1 aliphatic carbocycles. The number of carbonyl (C=O) groups excluding carboxylic acids is 1. The molecule has 2 atom stereocenters. The van der Waals surface area contributed by atoms with E-state index < -0.39 is 0 Å². The summed E-state index contributed by atoms with van der Waals surface area (Å²) in [4.78, 5) is 28.8. The number of likely N-dealkylation sites (N-methyl/N-ethyl adjacent to an activating group) is 1. The predicted molar refractivity (Wildman–Crippen MR) is 97.4 cm³/mol. The van der Waals surface area contributed by atoms with Crippen molar-refractivity contribution < 1.29 is 4.79 Å². The Hall–Kier alpha value is -1.69. The van der Waals surface area contributed by atoms with E-state index >= 15 is 0 Å². The number of fused-ring (bicyclic) bond motifs is 1. The second kappa shape index (κ2) is 6.24. The molecule has 6 nitrogen and oxygen atoms in total. The smallest absolute Gasteiger partial charge is 0.226 e. The predicted octanol–water partition coefficient (Wildman–Crippen LogP) is 1.55. The number of anilines is 1. The minimum absolute atomic E-state index is 0.226. The number of rotatable bonds is 3. The second-order valence-electron chi connectivity index (χ2n) is 8.21. The van der Waals surface area contributed by atoms with E-state index in [0.717, 1.165) is 69.2 Å². The number of nitrogens with zero attached hydrogens (tertiary/aromatic N) is 5. The van der Waals surface area contributed by atoms with Crippen LogP contribution in [-0.2, 0) is 17.8 Å². The molecule has 6 heteroatoms. The lowest BCUT2D eigenvalue weighted by Crippen LogP contribution is -2.45. The lowest BCUT2D eigenvalue weighted by molar-refractivity contribution is -0.134. The van der Waals surface area contributed by atoms with Crippen LogP contribution in [0.3, 0.4) is 0 Å². The van der Waals surface area contributed by atoms with Crippen LogP contribution in [0.4, 0.5) is 5.95 Å². The van der Waals surface area contributed by atoms with Crippen LogP contribution in [0.1, 0.15) is 37.9 Å². The lowest BCUT2D eigenvalue weighted by Gasteiger charge is -2.33. The van der Waals surface area contributed by atoms with Gasteiger partial charge in [0.05, 0.1) is 5.69 Å². The molecule has 1 amide bonds. The molecule has 2 fully saturated rings. The van der Waals surface area contributed by atoms with E-state index in [4.69, 9.17) is 4.98 Å². The average Bonchev–Trinajstić information content (AvgIpc) is 3.33. The number of piperazine rings is 1. The minimum atomic E-state index is 0.226. The van der Waals surface area contributed by atoms with Gasteiger partial charge in [-0.15, -0.1) is 0 Å². The molecular weight excluding hydrogens is 314 g/mol. The minimum Gasteiger partial charge on any atom is -0.338 e. The van der Waals surface area contributed by atoms with Gasteiger partial charge in [-0.05, 0) is 25.3 Å². The molecule has 1 saturated carbocycles. The second-order valence-corrected chi connectivity index (χ2v) is 8.21. The Morgan fingerprint density at radius 3 is 2.72 bits per heavy atom. The van der Waals surface area contributed by atoms with Gasteiger partial charge in [0, 0.05) is 63.4 Å². The van der Waals surface area contributed by atoms with Gasteiger partial charge < -0.3 is 14.7 Å². The van der Waals surface area contributed by atoms with Gasteiger partial charge in [-0.1, -0.05) is 13.8 Å². The standard InChI is InChI=1S/C19H29N5O/c1-4-19(2)11-15(19)17(25)24-6-5-16-14(13-24)12-20-18(21-16)23-9-7-22(3)8-10-23/h12,15H,4-11,13H2,1-3H3. The SMILES string of the molecule is CCC1(C)CC1C(=O)N1CCc2nc(N3CCN(C)CC3)ncc2C1. The molecule has 1 saturated heterocycles. The Morgan fingerprint density at radius 2 is 2.04 bits per heavy atom. The van der Waals surface area contributed by atoms with Crippen LogP contribution in [0.15, 0.2) is 6.20 Å². The highest BCUT2D eigenvalue weighted by Gasteiger charge is 2.54. The van der Waals surface area contributed by atoms with Crippen LogP contribution < -0.4 is 4.90 Å². The normalized spacial score (nSPS) is 29.5. The first-order valence-corrected chi connectivity index (χ1v) is 9.57. The largest absolute Gasteiger partial charge is 0.338 e. The van der Waals surface area contributed by atoms with Crippen molar-refractivity contribution in [1.29, 1.82) is 0 Å². The molecule has 3 aliphatic rings. The summed E-state index contributed by atoms with van der Waals surface area (Å²) in [7, 11) is 2.15. The van der Waals surface area contributed by atoms with Crippen LogP contribution in [-0.4, -0.2) is 65.4 Å². The Bertz CT molecular complexity index is 670. The molecule has 4 rings (SSSR count). The van der Waals surface area contributed by atoms with Gasteiger partial charge in [0.1, 0.15) is 0 Å². The van der Waals surface area contributed by atoms with E-state index in [1.807, 2.05) is 11.1 Å². The first kappa shape index (κ1) is 16.8. The number of aromatic nitrogens is 2. The molecule has 3 heterocycles. The highest BCUT2D eigenvalue weighted by molar-refractivity contribution is 5.82. The molecule has 1 aromatic rings. The summed E-state index contributed by atoms with van der Waals surface area (Å²) < 4.78 is 0. The van der Waals surface area contributed by atoms with Gasteiger partial charge in [-0.3, -0.25) is 4.79 Å². The van der Waals surface area contributed by atoms with Crippen molar-refractivity contribution >= 4 is 11.9 Å². The zero-order valence-corrected chi connectivity index (χ0v) is 15.7. The van der Waals surface area contributed by atoms with E-state index in [0.29, 0.717) is 12.5 Å². The van der Waals surface area contributed by atoms with Gasteiger partial charge in [0.2, 0.25) is 11.9 Å². The molecule has 1 aromatic heterocycles. The first-order chi connectivity index (χ1) is 12.0. The van der Waals surface area contributed by atoms with E-state index in [-0.39, 0.29) is 11.3 Å². The van der Waals surface area contributed by atoms with E-state index in [1.54, 1.807) is 0 Å². The van der Waals surface area contributed by atoms with E-state index in [2.05, 4.69) is 35.7 Å². The van der Waals surface area contributed by atoms with E-state index in [1.165, 1.54) is 0 Å². The fourth-order valence-electron chi connectivity index (χ4n) is 4.06. The quantitative estimate of drug-likeness (QED) is 0.833. The molecule has 2 unspecified atom stereocenters. The number of amides is 1. The maximum atomic E-state index is 12.8. The van der Waals surface area contributed by atoms with Crippen molar-refractivity contribution in [2.75, 3.05) is 44.7 Å². The summed E-state index contributed by atoms with van der Waals surface area (Å²) >= 11 is 0. The maximum absolute atomic E-state index is 12.8. The number of hydrogen-bond acceptors (Lipinski definition) is 5. The summed E-state index contributed by atoms with van der Waals surface area (Å²) in [6, 6.07) is 0. The van der Waals surface area contributed by atoms with E-state index in [9.17, 15) is 4.79 Å². The van der Waals surface area contributed by atoms with Crippen molar-refractivity contribution in [2.45, 2.75) is 39.7 Å². The fourth-order valence-corrected chi connectivity index (χ4v) is 4.06. The first-order valence-electron chi connectivity index (χ1n) is 9.57.